The van der Waals surface area contributed by atoms with Crippen LogP contribution in [0.1, 0.15) is 23.3 Å². The van der Waals surface area contributed by atoms with E-state index in [1.165, 1.54) is 13.2 Å². The van der Waals surface area contributed by atoms with Gasteiger partial charge in [0.25, 0.3) is 5.91 Å². The van der Waals surface area contributed by atoms with Crippen molar-refractivity contribution in [2.24, 2.45) is 0 Å². The maximum atomic E-state index is 12.2. The normalized spacial score (nSPS) is 11.7. The van der Waals surface area contributed by atoms with E-state index in [1.54, 1.807) is 6.07 Å². The van der Waals surface area contributed by atoms with Crippen LogP contribution >= 0.6 is 0 Å². The molecular formula is C16H16N2O4. The minimum absolute atomic E-state index is 0.161. The van der Waals surface area contributed by atoms with Crippen molar-refractivity contribution in [3.05, 3.63) is 36.0 Å². The molecule has 0 unspecified atom stereocenters. The Morgan fingerprint density at radius 1 is 1.36 bits per heavy atom. The summed E-state index contributed by atoms with van der Waals surface area (Å²) in [5.41, 5.74) is 0.788. The Balaban J connectivity index is 2.27. The summed E-state index contributed by atoms with van der Waals surface area (Å²) in [6.07, 6.45) is 1.79. The third-order valence-corrected chi connectivity index (χ3v) is 3.21. The molecule has 0 bridgehead atoms. The number of ether oxygens (including phenoxy) is 1. The number of hydrogen-bond acceptors (Lipinski definition) is 5. The fraction of sp³-hybridized carbons (Fsp3) is 0.250. The molecule has 0 aliphatic heterocycles. The first-order valence-corrected chi connectivity index (χ1v) is 6.83. The second kappa shape index (κ2) is 7.31. The molecule has 0 saturated carbocycles. The zero-order valence-electron chi connectivity index (χ0n) is 12.1. The van der Waals surface area contributed by atoms with Crippen LogP contribution in [0.25, 0.3) is 10.9 Å². The largest absolute Gasteiger partial charge is 0.496 e. The average Bonchev–Trinajstić information content (AvgIpc) is 2.57. The van der Waals surface area contributed by atoms with Gasteiger partial charge in [-0.3, -0.25) is 4.79 Å². The molecule has 0 spiro atoms. The van der Waals surface area contributed by atoms with E-state index in [1.807, 2.05) is 18.2 Å². The lowest BCUT2D eigenvalue weighted by Gasteiger charge is -2.12. The van der Waals surface area contributed by atoms with Crippen molar-refractivity contribution in [1.82, 2.24) is 10.3 Å². The molecule has 0 aliphatic carbocycles. The van der Waals surface area contributed by atoms with Crippen molar-refractivity contribution in [1.29, 1.82) is 0 Å². The molecule has 1 aromatic heterocycles. The Morgan fingerprint density at radius 2 is 2.14 bits per heavy atom. The quantitative estimate of drug-likeness (QED) is 0.784. The molecule has 114 valence electrons. The number of fused-ring (bicyclic) bond motifs is 1. The summed E-state index contributed by atoms with van der Waals surface area (Å²) in [7, 11) is 1.52. The van der Waals surface area contributed by atoms with Crippen molar-refractivity contribution in [3.63, 3.8) is 0 Å². The zero-order chi connectivity index (χ0) is 15.9. The van der Waals surface area contributed by atoms with Crippen LogP contribution in [-0.4, -0.2) is 36.6 Å². The lowest BCUT2D eigenvalue weighted by molar-refractivity contribution is -0.110. The highest BCUT2D eigenvalue weighted by atomic mass is 16.5. The SMILES string of the molecule is COc1cc(C(=O)N[C@H](C=O)CCC=O)nc2ccccc12. The molecule has 6 nitrogen and oxygen atoms in total. The first kappa shape index (κ1) is 15.6. The van der Waals surface area contributed by atoms with Crippen LogP contribution in [0.4, 0.5) is 0 Å². The molecule has 2 aromatic rings. The van der Waals surface area contributed by atoms with Crippen LogP contribution in [0.3, 0.4) is 0 Å². The molecular weight excluding hydrogens is 284 g/mol. The molecule has 0 radical (unpaired) electrons. The van der Waals surface area contributed by atoms with E-state index in [0.29, 0.717) is 23.8 Å². The maximum Gasteiger partial charge on any atom is 0.270 e. The summed E-state index contributed by atoms with van der Waals surface area (Å²) in [6, 6.07) is 8.11. The van der Waals surface area contributed by atoms with E-state index in [4.69, 9.17) is 4.74 Å². The minimum atomic E-state index is -0.711. The van der Waals surface area contributed by atoms with Crippen molar-refractivity contribution < 1.29 is 19.1 Å². The van der Waals surface area contributed by atoms with Crippen molar-refractivity contribution in [2.75, 3.05) is 7.11 Å². The molecule has 6 heteroatoms. The Hall–Kier alpha value is -2.76. The number of amides is 1. The summed E-state index contributed by atoms with van der Waals surface area (Å²) >= 11 is 0. The maximum absolute atomic E-state index is 12.2. The number of hydrogen-bond donors (Lipinski definition) is 1. The highest BCUT2D eigenvalue weighted by Crippen LogP contribution is 2.24. The number of aldehydes is 2. The monoisotopic (exact) mass is 300 g/mol. The van der Waals surface area contributed by atoms with Crippen molar-refractivity contribution in [2.45, 2.75) is 18.9 Å². The van der Waals surface area contributed by atoms with Crippen molar-refractivity contribution in [3.8, 4) is 5.75 Å². The van der Waals surface area contributed by atoms with Crippen LogP contribution in [0.15, 0.2) is 30.3 Å². The Bertz CT molecular complexity index is 700. The average molecular weight is 300 g/mol. The molecule has 22 heavy (non-hydrogen) atoms. The van der Waals surface area contributed by atoms with Gasteiger partial charge in [0.1, 0.15) is 24.0 Å². The van der Waals surface area contributed by atoms with Gasteiger partial charge in [0.05, 0.1) is 18.7 Å². The number of nitrogens with zero attached hydrogens (tertiary/aromatic N) is 1. The molecule has 2 rings (SSSR count). The third-order valence-electron chi connectivity index (χ3n) is 3.21. The Kier molecular flexibility index (Phi) is 5.19. The minimum Gasteiger partial charge on any atom is -0.496 e. The number of rotatable bonds is 7. The number of para-hydroxylation sites is 1. The summed E-state index contributed by atoms with van der Waals surface area (Å²) in [4.78, 5) is 37.8. The molecule has 1 N–H and O–H groups in total. The van der Waals surface area contributed by atoms with Gasteiger partial charge in [-0.2, -0.15) is 0 Å². The highest BCUT2D eigenvalue weighted by Gasteiger charge is 2.16. The van der Waals surface area contributed by atoms with E-state index in [-0.39, 0.29) is 18.5 Å². The fourth-order valence-electron chi connectivity index (χ4n) is 2.09. The lowest BCUT2D eigenvalue weighted by atomic mass is 10.1. The van der Waals surface area contributed by atoms with Crippen molar-refractivity contribution >= 4 is 29.4 Å². The number of nitrogens with one attached hydrogen (secondary N) is 1. The fourth-order valence-corrected chi connectivity index (χ4v) is 2.09. The van der Waals surface area contributed by atoms with Gasteiger partial charge in [-0.25, -0.2) is 4.98 Å². The van der Waals surface area contributed by atoms with E-state index in [9.17, 15) is 14.4 Å². The predicted molar refractivity (Wildman–Crippen MR) is 80.9 cm³/mol. The molecule has 1 amide bonds. The van der Waals surface area contributed by atoms with Gasteiger partial charge in [0, 0.05) is 17.9 Å². The van der Waals surface area contributed by atoms with Crippen LogP contribution < -0.4 is 10.1 Å². The standard InChI is InChI=1S/C16H16N2O4/c1-22-15-9-14(18-13-7-3-2-6-12(13)15)16(21)17-11(10-20)5-4-8-19/h2-3,6-11H,4-5H2,1H3,(H,17,21)/t11-/m0/s1. The molecule has 0 fully saturated rings. The highest BCUT2D eigenvalue weighted by molar-refractivity contribution is 5.98. The van der Waals surface area contributed by atoms with Crippen LogP contribution in [0.5, 0.6) is 5.75 Å². The lowest BCUT2D eigenvalue weighted by Crippen LogP contribution is -2.36. The van der Waals surface area contributed by atoms with Gasteiger partial charge in [-0.1, -0.05) is 12.1 Å². The van der Waals surface area contributed by atoms with Crippen LogP contribution in [0.2, 0.25) is 0 Å². The van der Waals surface area contributed by atoms with E-state index in [0.717, 1.165) is 5.39 Å². The predicted octanol–water partition coefficient (Wildman–Crippen LogP) is 1.52. The third kappa shape index (κ3) is 3.46. The van der Waals surface area contributed by atoms with E-state index < -0.39 is 11.9 Å². The zero-order valence-corrected chi connectivity index (χ0v) is 12.1. The Morgan fingerprint density at radius 3 is 2.82 bits per heavy atom. The molecule has 1 atom stereocenters. The molecule has 1 aromatic carbocycles. The summed E-state index contributed by atoms with van der Waals surface area (Å²) < 4.78 is 5.28. The Labute approximate surface area is 127 Å². The first-order valence-electron chi connectivity index (χ1n) is 6.83. The van der Waals surface area contributed by atoms with Gasteiger partial charge in [-0.05, 0) is 18.6 Å². The number of benzene rings is 1. The number of aromatic nitrogens is 1. The van der Waals surface area contributed by atoms with Crippen LogP contribution in [-0.2, 0) is 9.59 Å². The molecule has 0 aliphatic rings. The summed E-state index contributed by atoms with van der Waals surface area (Å²) in [5.74, 6) is 0.0540. The topological polar surface area (TPSA) is 85.4 Å². The van der Waals surface area contributed by atoms with Gasteiger partial charge >= 0.3 is 0 Å². The second-order valence-corrected chi connectivity index (χ2v) is 4.69. The van der Waals surface area contributed by atoms with Gasteiger partial charge < -0.3 is 19.6 Å². The van der Waals surface area contributed by atoms with Gasteiger partial charge in [0.15, 0.2) is 0 Å². The second-order valence-electron chi connectivity index (χ2n) is 4.69. The summed E-state index contributed by atoms with van der Waals surface area (Å²) in [5, 5.41) is 3.35. The van der Waals surface area contributed by atoms with Gasteiger partial charge in [-0.15, -0.1) is 0 Å². The number of pyridine rings is 1. The summed E-state index contributed by atoms with van der Waals surface area (Å²) in [6.45, 7) is 0. The van der Waals surface area contributed by atoms with Gasteiger partial charge in [0.2, 0.25) is 0 Å². The van der Waals surface area contributed by atoms with E-state index >= 15 is 0 Å². The molecule has 0 saturated heterocycles. The number of methoxy groups -OCH3 is 1. The number of carbonyl (C=O) groups excluding carboxylic acids is 3. The molecule has 1 heterocycles. The number of carbonyl (C=O) groups is 3. The van der Waals surface area contributed by atoms with Crippen LogP contribution in [0, 0.1) is 0 Å². The smallest absolute Gasteiger partial charge is 0.270 e. The van der Waals surface area contributed by atoms with E-state index in [2.05, 4.69) is 10.3 Å². The first-order chi connectivity index (χ1) is 10.7.